The number of esters is 1. The van der Waals surface area contributed by atoms with Gasteiger partial charge in [-0.05, 0) is 47.5 Å². The van der Waals surface area contributed by atoms with Gasteiger partial charge in [-0.15, -0.1) is 0 Å². The van der Waals surface area contributed by atoms with Crippen molar-refractivity contribution in [2.24, 2.45) is 4.99 Å². The summed E-state index contributed by atoms with van der Waals surface area (Å²) in [4.78, 5) is 30.8. The summed E-state index contributed by atoms with van der Waals surface area (Å²) >= 11 is 6.80. The van der Waals surface area contributed by atoms with Crippen molar-refractivity contribution >= 4 is 45.8 Å². The van der Waals surface area contributed by atoms with Gasteiger partial charge in [0.25, 0.3) is 5.56 Å². The molecule has 4 aromatic rings. The number of methoxy groups -OCH3 is 2. The van der Waals surface area contributed by atoms with Crippen molar-refractivity contribution in [3.63, 3.8) is 0 Å². The molecule has 5 rings (SSSR count). The lowest BCUT2D eigenvalue weighted by Crippen LogP contribution is -2.41. The topological polar surface area (TPSA) is 99.4 Å². The number of rotatable bonds is 6. The van der Waals surface area contributed by atoms with E-state index < -0.39 is 35.0 Å². The number of halogens is 4. The molecule has 8 nitrogen and oxygen atoms in total. The smallest absolute Gasteiger partial charge is 0.434 e. The Morgan fingerprint density at radius 1 is 1.14 bits per heavy atom. The summed E-state index contributed by atoms with van der Waals surface area (Å²) in [5.41, 5.74) is -2.53. The number of hydrogen-bond donors (Lipinski definition) is 1. The van der Waals surface area contributed by atoms with Gasteiger partial charge in [-0.1, -0.05) is 53.3 Å². The first kappa shape index (κ1) is 29.2. The van der Waals surface area contributed by atoms with Crippen LogP contribution in [-0.4, -0.2) is 42.6 Å². The van der Waals surface area contributed by atoms with E-state index in [1.165, 1.54) is 39.4 Å². The summed E-state index contributed by atoms with van der Waals surface area (Å²) in [6, 6.07) is 11.3. The van der Waals surface area contributed by atoms with Gasteiger partial charge in [-0.25, -0.2) is 9.79 Å². The van der Waals surface area contributed by atoms with E-state index in [2.05, 4.69) is 4.99 Å². The molecule has 0 radical (unpaired) electrons. The second-order valence-corrected chi connectivity index (χ2v) is 10.4. The Bertz CT molecular complexity index is 1950. The third-order valence-corrected chi connectivity index (χ3v) is 7.86. The highest BCUT2D eigenvalue weighted by atomic mass is 35.5. The van der Waals surface area contributed by atoms with Gasteiger partial charge in [0.05, 0.1) is 36.0 Å². The Balaban J connectivity index is 1.91. The average molecular weight is 619 g/mol. The normalized spacial score (nSPS) is 15.4. The van der Waals surface area contributed by atoms with E-state index in [0.29, 0.717) is 27.7 Å². The third-order valence-electron chi connectivity index (χ3n) is 6.59. The fourth-order valence-electron chi connectivity index (χ4n) is 4.83. The molecular weight excluding hydrogens is 597 g/mol. The molecule has 1 N–H and O–H groups in total. The minimum atomic E-state index is -5.06. The van der Waals surface area contributed by atoms with E-state index in [-0.39, 0.29) is 43.8 Å². The molecule has 0 amide bonds. The maximum absolute atomic E-state index is 14.6. The van der Waals surface area contributed by atoms with Crippen LogP contribution in [0.1, 0.15) is 24.1 Å². The summed E-state index contributed by atoms with van der Waals surface area (Å²) in [6.45, 7) is 1.26. The van der Waals surface area contributed by atoms with Crippen LogP contribution in [0.3, 0.4) is 0 Å². The van der Waals surface area contributed by atoms with Crippen molar-refractivity contribution in [1.29, 1.82) is 0 Å². The highest BCUT2D eigenvalue weighted by Crippen LogP contribution is 2.43. The van der Waals surface area contributed by atoms with Gasteiger partial charge < -0.3 is 19.3 Å². The van der Waals surface area contributed by atoms with Crippen molar-refractivity contribution in [1.82, 2.24) is 4.57 Å². The Labute approximate surface area is 245 Å². The second kappa shape index (κ2) is 11.2. The molecule has 0 spiro atoms. The molecule has 0 aliphatic carbocycles. The number of allylic oxidation sites excluding steroid dienone is 1. The van der Waals surface area contributed by atoms with E-state index in [4.69, 9.17) is 25.8 Å². The van der Waals surface area contributed by atoms with E-state index in [0.717, 1.165) is 4.57 Å². The average Bonchev–Trinajstić information content (AvgIpc) is 3.27. The first-order valence-corrected chi connectivity index (χ1v) is 13.6. The number of alkyl halides is 3. The third kappa shape index (κ3) is 5.01. The van der Waals surface area contributed by atoms with Crippen LogP contribution in [-0.2, 0) is 9.53 Å². The molecule has 42 heavy (non-hydrogen) atoms. The monoisotopic (exact) mass is 618 g/mol. The Morgan fingerprint density at radius 3 is 2.52 bits per heavy atom. The standard InChI is InChI=1S/C29H22ClF3N2O6S/c1-4-41-27(38)22-23(21-16-8-6-5-7-15(16)9-10-18(21)39-2)35-26(37)20(42-28(35)34-25(22)29(31,32)33)13-14-11-17(30)24(36)19(12-14)40-3/h5-13,23,36H,4H2,1-3H3/b20-13-/t23-/m1/s1. The zero-order valence-electron chi connectivity index (χ0n) is 22.3. The number of phenolic OH excluding ortho intramolecular Hbond substituents is 1. The van der Waals surface area contributed by atoms with Crippen LogP contribution in [0.4, 0.5) is 13.2 Å². The maximum Gasteiger partial charge on any atom is 0.434 e. The van der Waals surface area contributed by atoms with Crippen molar-refractivity contribution in [2.75, 3.05) is 20.8 Å². The van der Waals surface area contributed by atoms with Crippen molar-refractivity contribution in [3.8, 4) is 17.2 Å². The van der Waals surface area contributed by atoms with Crippen LogP contribution in [0.25, 0.3) is 16.8 Å². The molecule has 0 bridgehead atoms. The lowest BCUT2D eigenvalue weighted by Gasteiger charge is -2.28. The number of benzene rings is 3. The van der Waals surface area contributed by atoms with Crippen LogP contribution >= 0.6 is 22.9 Å². The molecule has 1 atom stereocenters. The largest absolute Gasteiger partial charge is 0.503 e. The molecule has 3 aromatic carbocycles. The van der Waals surface area contributed by atoms with Crippen LogP contribution in [0.2, 0.25) is 5.02 Å². The van der Waals surface area contributed by atoms with Crippen LogP contribution in [0.15, 0.2) is 69.6 Å². The van der Waals surface area contributed by atoms with Gasteiger partial charge in [-0.2, -0.15) is 13.2 Å². The molecule has 1 aromatic heterocycles. The Kier molecular flexibility index (Phi) is 7.78. The van der Waals surface area contributed by atoms with E-state index in [9.17, 15) is 27.9 Å². The summed E-state index contributed by atoms with van der Waals surface area (Å²) in [5, 5.41) is 11.1. The number of carbonyl (C=O) groups is 1. The molecule has 13 heteroatoms. The molecule has 1 aliphatic heterocycles. The summed E-state index contributed by atoms with van der Waals surface area (Å²) in [7, 11) is 2.66. The highest BCUT2D eigenvalue weighted by Gasteiger charge is 2.46. The lowest BCUT2D eigenvalue weighted by molar-refractivity contribution is -0.140. The maximum atomic E-state index is 14.6. The summed E-state index contributed by atoms with van der Waals surface area (Å²) in [5.74, 6) is -1.38. The van der Waals surface area contributed by atoms with E-state index in [1.807, 2.05) is 0 Å². The molecule has 218 valence electrons. The molecule has 1 aliphatic rings. The number of aromatic nitrogens is 1. The predicted octanol–water partition coefficient (Wildman–Crippen LogP) is 4.87. The van der Waals surface area contributed by atoms with Gasteiger partial charge in [0, 0.05) is 5.56 Å². The van der Waals surface area contributed by atoms with Gasteiger partial charge in [0.2, 0.25) is 0 Å². The second-order valence-electron chi connectivity index (χ2n) is 9.02. The number of aromatic hydroxyl groups is 1. The highest BCUT2D eigenvalue weighted by molar-refractivity contribution is 7.07. The molecule has 0 saturated carbocycles. The number of phenols is 1. The van der Waals surface area contributed by atoms with E-state index in [1.54, 1.807) is 36.4 Å². The molecular formula is C29H22ClF3N2O6S. The van der Waals surface area contributed by atoms with Crippen LogP contribution < -0.4 is 24.4 Å². The minimum absolute atomic E-state index is 0.00611. The predicted molar refractivity (Wildman–Crippen MR) is 151 cm³/mol. The fourth-order valence-corrected chi connectivity index (χ4v) is 6.05. The van der Waals surface area contributed by atoms with Crippen molar-refractivity contribution < 1.29 is 37.3 Å². The Morgan fingerprint density at radius 2 is 1.86 bits per heavy atom. The number of nitrogens with zero attached hydrogens (tertiary/aromatic N) is 2. The van der Waals surface area contributed by atoms with Crippen molar-refractivity contribution in [2.45, 2.75) is 19.1 Å². The zero-order chi connectivity index (χ0) is 30.3. The lowest BCUT2D eigenvalue weighted by atomic mass is 9.90. The molecule has 0 fully saturated rings. The number of ether oxygens (including phenoxy) is 3. The first-order chi connectivity index (χ1) is 20.0. The van der Waals surface area contributed by atoms with Crippen molar-refractivity contribution in [3.05, 3.63) is 95.6 Å². The number of hydrogen-bond acceptors (Lipinski definition) is 8. The first-order valence-electron chi connectivity index (χ1n) is 12.4. The van der Waals surface area contributed by atoms with E-state index >= 15 is 0 Å². The summed E-state index contributed by atoms with van der Waals surface area (Å²) in [6.07, 6.45) is -3.68. The molecule has 2 heterocycles. The minimum Gasteiger partial charge on any atom is -0.503 e. The number of carbonyl (C=O) groups excluding carboxylic acids is 1. The van der Waals surface area contributed by atoms with Gasteiger partial charge in [0.15, 0.2) is 22.0 Å². The quantitative estimate of drug-likeness (QED) is 0.310. The number of fused-ring (bicyclic) bond motifs is 2. The molecule has 0 saturated heterocycles. The summed E-state index contributed by atoms with van der Waals surface area (Å²) < 4.78 is 60.5. The Hall–Kier alpha value is -4.29. The fraction of sp³-hybridized carbons (Fsp3) is 0.207. The SMILES string of the molecule is CCOC(=O)C1=C(C(F)(F)F)N=c2s/c(=C\c3cc(Cl)c(O)c(OC)c3)c(=O)n2[C@@H]1c1c(OC)ccc2ccccc12. The van der Waals surface area contributed by atoms with Gasteiger partial charge >= 0.3 is 12.1 Å². The van der Waals surface area contributed by atoms with Crippen LogP contribution in [0.5, 0.6) is 17.2 Å². The number of thiazole rings is 1. The molecule has 0 unspecified atom stereocenters. The zero-order valence-corrected chi connectivity index (χ0v) is 23.9. The van der Waals surface area contributed by atoms with Gasteiger partial charge in [-0.3, -0.25) is 9.36 Å². The van der Waals surface area contributed by atoms with Crippen LogP contribution in [0, 0.1) is 0 Å². The van der Waals surface area contributed by atoms with Gasteiger partial charge in [0.1, 0.15) is 11.8 Å².